The maximum atomic E-state index is 12.5. The second-order valence-corrected chi connectivity index (χ2v) is 5.82. The fourth-order valence-corrected chi connectivity index (χ4v) is 2.55. The molecule has 0 fully saturated rings. The van der Waals surface area contributed by atoms with Gasteiger partial charge in [0.25, 0.3) is 5.91 Å². The van der Waals surface area contributed by atoms with E-state index < -0.39 is 5.91 Å². The molecule has 8 nitrogen and oxygen atoms in total. The number of aryl methyl sites for hydroxylation is 2. The van der Waals surface area contributed by atoms with Gasteiger partial charge in [-0.25, -0.2) is 4.99 Å². The number of methoxy groups -OCH3 is 1. The van der Waals surface area contributed by atoms with Crippen LogP contribution in [0.25, 0.3) is 0 Å². The van der Waals surface area contributed by atoms with Crippen LogP contribution in [0.2, 0.25) is 0 Å². The van der Waals surface area contributed by atoms with Crippen LogP contribution in [0.5, 0.6) is 5.75 Å². The van der Waals surface area contributed by atoms with Crippen LogP contribution in [0.3, 0.4) is 0 Å². The van der Waals surface area contributed by atoms with E-state index >= 15 is 0 Å². The van der Waals surface area contributed by atoms with Gasteiger partial charge in [-0.3, -0.25) is 14.3 Å². The first-order chi connectivity index (χ1) is 12.3. The van der Waals surface area contributed by atoms with Crippen LogP contribution in [-0.2, 0) is 6.54 Å². The number of aromatic nitrogens is 2. The number of ether oxygens (including phenoxy) is 1. The molecule has 0 saturated heterocycles. The molecule has 1 aromatic heterocycles. The van der Waals surface area contributed by atoms with Gasteiger partial charge in [-0.1, -0.05) is 0 Å². The summed E-state index contributed by atoms with van der Waals surface area (Å²) in [5, 5.41) is 7.00. The van der Waals surface area contributed by atoms with Crippen LogP contribution in [0.1, 0.15) is 46.0 Å². The molecule has 2 rings (SSSR count). The molecule has 2 amide bonds. The number of benzene rings is 1. The summed E-state index contributed by atoms with van der Waals surface area (Å²) >= 11 is 0. The normalized spacial score (nSPS) is 11.3. The van der Waals surface area contributed by atoms with Gasteiger partial charge in [-0.05, 0) is 45.9 Å². The molecule has 0 bridgehead atoms. The van der Waals surface area contributed by atoms with Gasteiger partial charge in [0.05, 0.1) is 18.5 Å². The zero-order valence-electron chi connectivity index (χ0n) is 15.6. The second-order valence-electron chi connectivity index (χ2n) is 5.82. The number of rotatable bonds is 5. The highest BCUT2D eigenvalue weighted by atomic mass is 16.5. The highest BCUT2D eigenvalue weighted by Gasteiger charge is 2.15. The van der Waals surface area contributed by atoms with E-state index in [1.165, 1.54) is 7.11 Å². The van der Waals surface area contributed by atoms with E-state index in [9.17, 15) is 9.59 Å². The summed E-state index contributed by atoms with van der Waals surface area (Å²) in [5.41, 5.74) is 8.09. The summed E-state index contributed by atoms with van der Waals surface area (Å²) in [5.74, 6) is -0.00437. The van der Waals surface area contributed by atoms with E-state index in [4.69, 9.17) is 10.5 Å². The SMILES string of the molecule is CCn1nc(C)cc1C(=O)N/C(C)=N/c1cc(C(N)=O)cc(OC)c1C. The largest absolute Gasteiger partial charge is 0.496 e. The van der Waals surface area contributed by atoms with Crippen molar-refractivity contribution < 1.29 is 14.3 Å². The molecule has 0 saturated carbocycles. The van der Waals surface area contributed by atoms with Crippen molar-refractivity contribution in [1.29, 1.82) is 0 Å². The van der Waals surface area contributed by atoms with Crippen molar-refractivity contribution in [3.63, 3.8) is 0 Å². The number of nitrogens with one attached hydrogen (secondary N) is 1. The van der Waals surface area contributed by atoms with E-state index in [-0.39, 0.29) is 11.5 Å². The predicted octanol–water partition coefficient (Wildman–Crippen LogP) is 2.11. The van der Waals surface area contributed by atoms with Crippen LogP contribution < -0.4 is 15.8 Å². The molecule has 0 radical (unpaired) electrons. The Morgan fingerprint density at radius 1 is 1.31 bits per heavy atom. The standard InChI is InChI=1S/C18H23N5O3/c1-6-23-15(7-10(2)22-23)18(25)21-12(4)20-14-8-13(17(19)24)9-16(26-5)11(14)3/h7-9H,6H2,1-5H3,(H2,19,24)(H,20,21,25). The lowest BCUT2D eigenvalue weighted by Crippen LogP contribution is -2.30. The lowest BCUT2D eigenvalue weighted by molar-refractivity contribution is 0.0964. The molecule has 8 heteroatoms. The highest BCUT2D eigenvalue weighted by molar-refractivity contribution is 6.05. The molecule has 26 heavy (non-hydrogen) atoms. The summed E-state index contributed by atoms with van der Waals surface area (Å²) in [4.78, 5) is 28.4. The molecular formula is C18H23N5O3. The number of nitrogens with zero attached hydrogens (tertiary/aromatic N) is 3. The van der Waals surface area contributed by atoms with Crippen LogP contribution in [0, 0.1) is 13.8 Å². The number of carbonyl (C=O) groups is 2. The quantitative estimate of drug-likeness (QED) is 0.630. The average Bonchev–Trinajstić information content (AvgIpc) is 2.97. The van der Waals surface area contributed by atoms with E-state index in [0.717, 1.165) is 11.3 Å². The number of hydrogen-bond donors (Lipinski definition) is 2. The summed E-state index contributed by atoms with van der Waals surface area (Å²) in [6, 6.07) is 4.84. The molecule has 138 valence electrons. The van der Waals surface area contributed by atoms with E-state index in [0.29, 0.717) is 29.5 Å². The van der Waals surface area contributed by atoms with Crippen molar-refractivity contribution in [2.45, 2.75) is 34.2 Å². The van der Waals surface area contributed by atoms with Gasteiger partial charge >= 0.3 is 0 Å². The monoisotopic (exact) mass is 357 g/mol. The van der Waals surface area contributed by atoms with Gasteiger partial charge in [0.15, 0.2) is 0 Å². The van der Waals surface area contributed by atoms with Crippen molar-refractivity contribution in [1.82, 2.24) is 15.1 Å². The Hall–Kier alpha value is -3.16. The molecule has 0 aliphatic carbocycles. The number of aliphatic imine (C=N–C) groups is 1. The number of nitrogens with two attached hydrogens (primary N) is 1. The van der Waals surface area contributed by atoms with Crippen LogP contribution in [0.15, 0.2) is 23.2 Å². The Morgan fingerprint density at radius 3 is 2.58 bits per heavy atom. The summed E-state index contributed by atoms with van der Waals surface area (Å²) in [6.45, 7) is 7.81. The van der Waals surface area contributed by atoms with Gasteiger partial charge in [-0.15, -0.1) is 0 Å². The molecule has 3 N–H and O–H groups in total. The summed E-state index contributed by atoms with van der Waals surface area (Å²) in [6.07, 6.45) is 0. The smallest absolute Gasteiger partial charge is 0.274 e. The number of amidine groups is 1. The lowest BCUT2D eigenvalue weighted by Gasteiger charge is -2.11. The van der Waals surface area contributed by atoms with E-state index in [1.54, 1.807) is 29.8 Å². The topological polar surface area (TPSA) is 112 Å². The third kappa shape index (κ3) is 4.08. The first kappa shape index (κ1) is 19.2. The predicted molar refractivity (Wildman–Crippen MR) is 99.1 cm³/mol. The van der Waals surface area contributed by atoms with Crippen LogP contribution >= 0.6 is 0 Å². The molecule has 0 aliphatic rings. The second kappa shape index (κ2) is 7.81. The Kier molecular flexibility index (Phi) is 5.76. The molecule has 0 aliphatic heterocycles. The van der Waals surface area contributed by atoms with Crippen molar-refractivity contribution in [2.24, 2.45) is 10.7 Å². The molecule has 1 aromatic carbocycles. The third-order valence-corrected chi connectivity index (χ3v) is 3.85. The van der Waals surface area contributed by atoms with Gasteiger partial charge < -0.3 is 15.8 Å². The van der Waals surface area contributed by atoms with Gasteiger partial charge in [0.1, 0.15) is 17.3 Å². The zero-order valence-corrected chi connectivity index (χ0v) is 15.6. The van der Waals surface area contributed by atoms with Crippen LogP contribution in [0.4, 0.5) is 5.69 Å². The number of amides is 2. The fraction of sp³-hybridized carbons (Fsp3) is 0.333. The average molecular weight is 357 g/mol. The first-order valence-electron chi connectivity index (χ1n) is 8.16. The summed E-state index contributed by atoms with van der Waals surface area (Å²) < 4.78 is 6.89. The summed E-state index contributed by atoms with van der Waals surface area (Å²) in [7, 11) is 1.50. The molecule has 0 unspecified atom stereocenters. The maximum Gasteiger partial charge on any atom is 0.274 e. The Labute approximate surface area is 152 Å². The minimum Gasteiger partial charge on any atom is -0.496 e. The molecule has 0 atom stereocenters. The molecule has 2 aromatic rings. The Bertz CT molecular complexity index is 883. The lowest BCUT2D eigenvalue weighted by atomic mass is 10.1. The molecule has 0 spiro atoms. The zero-order chi connectivity index (χ0) is 19.4. The Morgan fingerprint density at radius 2 is 2.00 bits per heavy atom. The van der Waals surface area contributed by atoms with Crippen molar-refractivity contribution in [3.05, 3.63) is 40.7 Å². The van der Waals surface area contributed by atoms with Crippen molar-refractivity contribution in [2.75, 3.05) is 7.11 Å². The number of hydrogen-bond acceptors (Lipinski definition) is 5. The first-order valence-corrected chi connectivity index (χ1v) is 8.16. The molecular weight excluding hydrogens is 334 g/mol. The number of primary amides is 1. The van der Waals surface area contributed by atoms with Crippen molar-refractivity contribution in [3.8, 4) is 5.75 Å². The minimum absolute atomic E-state index is 0.282. The highest BCUT2D eigenvalue weighted by Crippen LogP contribution is 2.30. The van der Waals surface area contributed by atoms with Gasteiger partial charge in [-0.2, -0.15) is 5.10 Å². The third-order valence-electron chi connectivity index (χ3n) is 3.85. The number of carbonyl (C=O) groups excluding carboxylic acids is 2. The van der Waals surface area contributed by atoms with Gasteiger partial charge in [0.2, 0.25) is 5.91 Å². The minimum atomic E-state index is -0.580. The Balaban J connectivity index is 2.33. The van der Waals surface area contributed by atoms with Crippen molar-refractivity contribution >= 4 is 23.3 Å². The molecule has 1 heterocycles. The van der Waals surface area contributed by atoms with E-state index in [1.807, 2.05) is 20.8 Å². The van der Waals surface area contributed by atoms with Gasteiger partial charge in [0, 0.05) is 17.7 Å². The van der Waals surface area contributed by atoms with E-state index in [2.05, 4.69) is 15.4 Å². The van der Waals surface area contributed by atoms with Crippen LogP contribution in [-0.4, -0.2) is 34.5 Å². The fourth-order valence-electron chi connectivity index (χ4n) is 2.55. The maximum absolute atomic E-state index is 12.5.